The second kappa shape index (κ2) is 10.1. The van der Waals surface area contributed by atoms with Gasteiger partial charge in [0, 0.05) is 12.2 Å². The molecule has 2 N–H and O–H groups in total. The standard InChI is InChI=1S/C21H26N2O6S/c1-5-12-22-20(24)15(3)29-21(25)16-8-11-18(28-4)19(13-16)30(26,27)23-17-9-6-14(2)7-10-17/h6-11,13,15,23H,5,12H2,1-4H3,(H,22,24). The molecular formula is C21H26N2O6S. The molecule has 0 spiro atoms. The molecule has 8 nitrogen and oxygen atoms in total. The molecule has 0 saturated heterocycles. The zero-order valence-electron chi connectivity index (χ0n) is 17.4. The minimum Gasteiger partial charge on any atom is -0.495 e. The van der Waals surface area contributed by atoms with Gasteiger partial charge in [0.25, 0.3) is 15.9 Å². The molecule has 0 aliphatic carbocycles. The zero-order chi connectivity index (χ0) is 22.3. The lowest BCUT2D eigenvalue weighted by molar-refractivity contribution is -0.129. The van der Waals surface area contributed by atoms with Crippen LogP contribution in [0.15, 0.2) is 47.4 Å². The van der Waals surface area contributed by atoms with Crippen molar-refractivity contribution in [2.24, 2.45) is 0 Å². The predicted molar refractivity (Wildman–Crippen MR) is 113 cm³/mol. The van der Waals surface area contributed by atoms with Gasteiger partial charge in [0.05, 0.1) is 12.7 Å². The number of hydrogen-bond donors (Lipinski definition) is 2. The van der Waals surface area contributed by atoms with Crippen LogP contribution in [0.25, 0.3) is 0 Å². The number of methoxy groups -OCH3 is 1. The predicted octanol–water partition coefficient (Wildman–Crippen LogP) is 2.88. The van der Waals surface area contributed by atoms with Crippen LogP contribution in [0.3, 0.4) is 0 Å². The van der Waals surface area contributed by atoms with Crippen LogP contribution in [-0.4, -0.2) is 40.1 Å². The Labute approximate surface area is 176 Å². The molecule has 2 aromatic rings. The number of ether oxygens (including phenoxy) is 2. The van der Waals surface area contributed by atoms with E-state index in [1.54, 1.807) is 24.3 Å². The highest BCUT2D eigenvalue weighted by Crippen LogP contribution is 2.27. The molecule has 0 radical (unpaired) electrons. The van der Waals surface area contributed by atoms with E-state index in [-0.39, 0.29) is 16.2 Å². The quantitative estimate of drug-likeness (QED) is 0.587. The van der Waals surface area contributed by atoms with Gasteiger partial charge in [-0.05, 0) is 50.6 Å². The first kappa shape index (κ1) is 23.2. The Balaban J connectivity index is 2.26. The lowest BCUT2D eigenvalue weighted by Gasteiger charge is -2.15. The topological polar surface area (TPSA) is 111 Å². The third-order valence-corrected chi connectivity index (χ3v) is 5.60. The molecule has 1 amide bonds. The summed E-state index contributed by atoms with van der Waals surface area (Å²) >= 11 is 0. The molecular weight excluding hydrogens is 408 g/mol. The normalized spacial score (nSPS) is 12.0. The summed E-state index contributed by atoms with van der Waals surface area (Å²) < 4.78 is 38.5. The fraction of sp³-hybridized carbons (Fsp3) is 0.333. The Hall–Kier alpha value is -3.07. The number of nitrogens with one attached hydrogen (secondary N) is 2. The third-order valence-electron chi connectivity index (χ3n) is 4.19. The number of carbonyl (C=O) groups is 2. The SMILES string of the molecule is CCCNC(=O)C(C)OC(=O)c1ccc(OC)c(S(=O)(=O)Nc2ccc(C)cc2)c1. The summed E-state index contributed by atoms with van der Waals surface area (Å²) in [6, 6.07) is 10.7. The Morgan fingerprint density at radius 3 is 2.37 bits per heavy atom. The van der Waals surface area contributed by atoms with Crippen molar-refractivity contribution in [3.8, 4) is 5.75 Å². The fourth-order valence-electron chi connectivity index (χ4n) is 2.52. The van der Waals surface area contributed by atoms with Crippen molar-refractivity contribution < 1.29 is 27.5 Å². The Morgan fingerprint density at radius 1 is 1.10 bits per heavy atom. The zero-order valence-corrected chi connectivity index (χ0v) is 18.2. The van der Waals surface area contributed by atoms with Crippen LogP contribution >= 0.6 is 0 Å². The number of benzene rings is 2. The number of amides is 1. The smallest absolute Gasteiger partial charge is 0.338 e. The van der Waals surface area contributed by atoms with Crippen molar-refractivity contribution in [1.82, 2.24) is 5.32 Å². The highest BCUT2D eigenvalue weighted by Gasteiger charge is 2.24. The fourth-order valence-corrected chi connectivity index (χ4v) is 3.77. The summed E-state index contributed by atoms with van der Waals surface area (Å²) in [6.45, 7) is 5.71. The van der Waals surface area contributed by atoms with E-state index in [1.807, 2.05) is 13.8 Å². The first-order chi connectivity index (χ1) is 14.2. The minimum atomic E-state index is -4.04. The van der Waals surface area contributed by atoms with E-state index in [1.165, 1.54) is 26.2 Å². The lowest BCUT2D eigenvalue weighted by atomic mass is 10.2. The van der Waals surface area contributed by atoms with Gasteiger partial charge in [0.1, 0.15) is 10.6 Å². The molecule has 0 aliphatic rings. The van der Waals surface area contributed by atoms with Gasteiger partial charge in [-0.3, -0.25) is 9.52 Å². The molecule has 2 aromatic carbocycles. The van der Waals surface area contributed by atoms with E-state index < -0.39 is 28.0 Å². The summed E-state index contributed by atoms with van der Waals surface area (Å²) in [4.78, 5) is 24.1. The van der Waals surface area contributed by atoms with Crippen LogP contribution in [0.4, 0.5) is 5.69 Å². The molecule has 0 fully saturated rings. The summed E-state index contributed by atoms with van der Waals surface area (Å²) in [5.74, 6) is -1.17. The minimum absolute atomic E-state index is 0.0183. The van der Waals surface area contributed by atoms with E-state index in [9.17, 15) is 18.0 Å². The summed E-state index contributed by atoms with van der Waals surface area (Å²) in [5.41, 5.74) is 1.34. The summed E-state index contributed by atoms with van der Waals surface area (Å²) in [6.07, 6.45) is -0.267. The maximum atomic E-state index is 12.9. The van der Waals surface area contributed by atoms with E-state index >= 15 is 0 Å². The molecule has 0 aromatic heterocycles. The van der Waals surface area contributed by atoms with Crippen LogP contribution < -0.4 is 14.8 Å². The van der Waals surface area contributed by atoms with Gasteiger partial charge in [0.2, 0.25) is 0 Å². The van der Waals surface area contributed by atoms with Crippen LogP contribution in [0, 0.1) is 6.92 Å². The number of sulfonamides is 1. The highest BCUT2D eigenvalue weighted by atomic mass is 32.2. The molecule has 162 valence electrons. The van der Waals surface area contributed by atoms with E-state index in [2.05, 4.69) is 10.0 Å². The van der Waals surface area contributed by atoms with Gasteiger partial charge in [0.15, 0.2) is 6.10 Å². The molecule has 0 saturated carbocycles. The number of esters is 1. The Morgan fingerprint density at radius 2 is 1.77 bits per heavy atom. The number of carbonyl (C=O) groups excluding carboxylic acids is 2. The van der Waals surface area contributed by atoms with Crippen LogP contribution in [0.2, 0.25) is 0 Å². The number of hydrogen-bond acceptors (Lipinski definition) is 6. The number of aryl methyl sites for hydroxylation is 1. The first-order valence-corrected chi connectivity index (χ1v) is 10.9. The van der Waals surface area contributed by atoms with Crippen molar-refractivity contribution in [3.05, 3.63) is 53.6 Å². The van der Waals surface area contributed by atoms with Crippen molar-refractivity contribution in [1.29, 1.82) is 0 Å². The van der Waals surface area contributed by atoms with E-state index in [0.717, 1.165) is 18.1 Å². The van der Waals surface area contributed by atoms with Gasteiger partial charge in [-0.2, -0.15) is 0 Å². The second-order valence-electron chi connectivity index (χ2n) is 6.68. The molecule has 2 rings (SSSR count). The van der Waals surface area contributed by atoms with Gasteiger partial charge in [-0.1, -0.05) is 24.6 Å². The van der Waals surface area contributed by atoms with Crippen molar-refractivity contribution in [3.63, 3.8) is 0 Å². The van der Waals surface area contributed by atoms with Crippen LogP contribution in [0.5, 0.6) is 5.75 Å². The highest BCUT2D eigenvalue weighted by molar-refractivity contribution is 7.92. The van der Waals surface area contributed by atoms with Gasteiger partial charge < -0.3 is 14.8 Å². The Bertz CT molecular complexity index is 1000. The Kier molecular flexibility index (Phi) is 7.82. The van der Waals surface area contributed by atoms with Gasteiger partial charge >= 0.3 is 5.97 Å². The molecule has 0 heterocycles. The monoisotopic (exact) mass is 434 g/mol. The first-order valence-electron chi connectivity index (χ1n) is 9.44. The van der Waals surface area contributed by atoms with E-state index in [4.69, 9.17) is 9.47 Å². The summed E-state index contributed by atoms with van der Waals surface area (Å²) in [5, 5.41) is 2.63. The van der Waals surface area contributed by atoms with Crippen LogP contribution in [-0.2, 0) is 19.6 Å². The average molecular weight is 435 g/mol. The van der Waals surface area contributed by atoms with Gasteiger partial charge in [-0.15, -0.1) is 0 Å². The molecule has 0 bridgehead atoms. The summed E-state index contributed by atoms with van der Waals surface area (Å²) in [7, 11) is -2.71. The molecule has 9 heteroatoms. The second-order valence-corrected chi connectivity index (χ2v) is 8.33. The molecule has 1 atom stereocenters. The van der Waals surface area contributed by atoms with E-state index in [0.29, 0.717) is 12.2 Å². The number of anilines is 1. The van der Waals surface area contributed by atoms with Crippen LogP contribution in [0.1, 0.15) is 36.2 Å². The van der Waals surface area contributed by atoms with Gasteiger partial charge in [-0.25, -0.2) is 13.2 Å². The molecule has 1 unspecified atom stereocenters. The lowest BCUT2D eigenvalue weighted by Crippen LogP contribution is -2.36. The average Bonchev–Trinajstić information content (AvgIpc) is 2.72. The number of rotatable bonds is 9. The van der Waals surface area contributed by atoms with Crippen molar-refractivity contribution >= 4 is 27.6 Å². The maximum Gasteiger partial charge on any atom is 0.338 e. The molecule has 30 heavy (non-hydrogen) atoms. The van der Waals surface area contributed by atoms with Crippen molar-refractivity contribution in [2.75, 3.05) is 18.4 Å². The van der Waals surface area contributed by atoms with Crippen molar-refractivity contribution in [2.45, 2.75) is 38.2 Å². The largest absolute Gasteiger partial charge is 0.495 e. The molecule has 0 aliphatic heterocycles. The third kappa shape index (κ3) is 5.96. The maximum absolute atomic E-state index is 12.9.